The molecule has 0 aliphatic carbocycles. The van der Waals surface area contributed by atoms with Gasteiger partial charge in [-0.05, 0) is 138 Å². The van der Waals surface area contributed by atoms with E-state index in [-0.39, 0.29) is 85.8 Å². The molecule has 5 aliphatic heterocycles. The molecule has 1 amide bonds. The Balaban J connectivity index is 0.000000216. The fourth-order valence-electron chi connectivity index (χ4n) is 13.8. The quantitative estimate of drug-likeness (QED) is 0.0320. The maximum atomic E-state index is 13.6. The molecule has 9 rings (SSSR count). The minimum absolute atomic E-state index is 0.0183. The van der Waals surface area contributed by atoms with Crippen LogP contribution < -0.4 is 28.4 Å². The molecule has 0 aromatic heterocycles. The summed E-state index contributed by atoms with van der Waals surface area (Å²) in [4.78, 5) is 70.7. The first-order valence-electron chi connectivity index (χ1n) is 32.5. The Morgan fingerprint density at radius 2 is 0.947 bits per heavy atom. The number of hydrogen-bond donors (Lipinski definition) is 5. The monoisotopic (exact) mass is 1330 g/mol. The van der Waals surface area contributed by atoms with E-state index in [4.69, 9.17) is 23.7 Å². The van der Waals surface area contributed by atoms with E-state index in [1.54, 1.807) is 27.4 Å². The molecule has 0 bridgehead atoms. The van der Waals surface area contributed by atoms with Crippen LogP contribution in [0.25, 0.3) is 0 Å². The van der Waals surface area contributed by atoms with Gasteiger partial charge in [0, 0.05) is 93.7 Å². The molecule has 0 unspecified atom stereocenters. The summed E-state index contributed by atoms with van der Waals surface area (Å²) in [6, 6.07) is 28.2. The molecule has 4 aromatic carbocycles. The minimum Gasteiger partial charge on any atom is -0.497 e. The maximum absolute atomic E-state index is 13.6. The molecule has 0 radical (unpaired) electrons. The third kappa shape index (κ3) is 20.5. The summed E-state index contributed by atoms with van der Waals surface area (Å²) in [6.45, 7) is 13.4. The van der Waals surface area contributed by atoms with Gasteiger partial charge in [-0.3, -0.25) is 28.9 Å². The van der Waals surface area contributed by atoms with Crippen molar-refractivity contribution in [2.45, 2.75) is 108 Å². The van der Waals surface area contributed by atoms with Crippen molar-refractivity contribution in [1.29, 1.82) is 0 Å². The Hall–Kier alpha value is -7.06. The number of likely N-dealkylation sites (tertiary alicyclic amines) is 4. The van der Waals surface area contributed by atoms with E-state index >= 15 is 0 Å². The third-order valence-corrected chi connectivity index (χ3v) is 20.3. The van der Waals surface area contributed by atoms with Crippen LogP contribution in [0.5, 0.6) is 28.7 Å². The Kier molecular flexibility index (Phi) is 27.9. The summed E-state index contributed by atoms with van der Waals surface area (Å²) in [5.41, 5.74) is 4.01. The zero-order chi connectivity index (χ0) is 69.4. The second kappa shape index (κ2) is 34.6. The number of hydrogen-bond acceptors (Lipinski definition) is 16. The van der Waals surface area contributed by atoms with Gasteiger partial charge in [-0.15, -0.1) is 0 Å². The van der Waals surface area contributed by atoms with Gasteiger partial charge in [0.1, 0.15) is 17.2 Å². The average Bonchev–Trinajstić information content (AvgIpc) is 1.65. The number of aliphatic carboxylic acids is 4. The lowest BCUT2D eigenvalue weighted by molar-refractivity contribution is -0.870. The highest BCUT2D eigenvalue weighted by atomic mass is 32.2. The highest BCUT2D eigenvalue weighted by Gasteiger charge is 2.48. The lowest BCUT2D eigenvalue weighted by Crippen LogP contribution is -2.45. The SMILES string of the molecule is CCCCN(CCCC[N+](C)(C)C)C(=O)CN1C[C@H](c2ccc3c(c2)OCO3)[C@@H](C(=O)O)[C@@H]1CCNS(C)(=O)=O.COc1ccc([C@H]2CN(C)[C@@H](C)[C@@H]2C(=O)O)cc1.COc1ccc([C@H]2CN(C)[C@@H](C)[C@@H]2C(=O)O)cc1.COc1ccc([C@H]2CN(C)[C@@H](C)[C@@H]2C(=O)O)cc1. The number of ether oxygens (including phenoxy) is 5. The van der Waals surface area contributed by atoms with Gasteiger partial charge in [0.05, 0.1) is 85.5 Å². The van der Waals surface area contributed by atoms with Crippen LogP contribution in [-0.2, 0) is 34.0 Å². The number of methoxy groups -OCH3 is 3. The second-order valence-corrected chi connectivity index (χ2v) is 28.6. The molecule has 5 aliphatic rings. The van der Waals surface area contributed by atoms with Gasteiger partial charge in [-0.2, -0.15) is 0 Å². The van der Waals surface area contributed by atoms with Gasteiger partial charge in [0.2, 0.25) is 22.7 Å². The van der Waals surface area contributed by atoms with E-state index in [2.05, 4.69) is 47.5 Å². The van der Waals surface area contributed by atoms with Crippen LogP contribution in [-0.4, -0.2) is 247 Å². The number of carboxylic acids is 4. The van der Waals surface area contributed by atoms with Gasteiger partial charge in [-0.1, -0.05) is 55.8 Å². The highest BCUT2D eigenvalue weighted by Crippen LogP contribution is 2.44. The highest BCUT2D eigenvalue weighted by molar-refractivity contribution is 7.88. The molecule has 94 heavy (non-hydrogen) atoms. The minimum atomic E-state index is -3.44. The van der Waals surface area contributed by atoms with Gasteiger partial charge >= 0.3 is 23.9 Å². The Bertz CT molecular complexity index is 3030. The Morgan fingerprint density at radius 3 is 1.32 bits per heavy atom. The molecule has 5 heterocycles. The summed E-state index contributed by atoms with van der Waals surface area (Å²) in [5.74, 6) is -1.64. The summed E-state index contributed by atoms with van der Waals surface area (Å²) < 4.78 is 53.1. The van der Waals surface area contributed by atoms with Gasteiger partial charge in [0.25, 0.3) is 0 Å². The normalized spacial score (nSPS) is 25.2. The molecule has 4 aromatic rings. The fraction of sp³-hybridized carbons (Fsp3) is 0.586. The first kappa shape index (κ1) is 76.0. The Labute approximate surface area is 556 Å². The largest absolute Gasteiger partial charge is 0.497 e. The van der Waals surface area contributed by atoms with Gasteiger partial charge in [-0.25, -0.2) is 13.1 Å². The lowest BCUT2D eigenvalue weighted by atomic mass is 9.84. The van der Waals surface area contributed by atoms with Crippen molar-refractivity contribution in [3.8, 4) is 28.7 Å². The number of carbonyl (C=O) groups is 5. The number of sulfonamides is 1. The number of unbranched alkanes of at least 4 members (excludes halogenated alkanes) is 2. The van der Waals surface area contributed by atoms with Crippen molar-refractivity contribution >= 4 is 39.8 Å². The second-order valence-electron chi connectivity index (χ2n) is 26.8. The summed E-state index contributed by atoms with van der Waals surface area (Å²) >= 11 is 0. The average molecular weight is 1330 g/mol. The smallest absolute Gasteiger partial charge is 0.308 e. The number of likely N-dealkylation sites (N-methyl/N-ethyl adjacent to an activating group) is 3. The molecule has 23 nitrogen and oxygen atoms in total. The first-order chi connectivity index (χ1) is 44.4. The van der Waals surface area contributed by atoms with E-state index < -0.39 is 51.8 Å². The molecular formula is C70H104N7O16S+. The van der Waals surface area contributed by atoms with Gasteiger partial charge in [0.15, 0.2) is 11.5 Å². The maximum Gasteiger partial charge on any atom is 0.308 e. The number of carbonyl (C=O) groups excluding carboxylic acids is 1. The predicted molar refractivity (Wildman–Crippen MR) is 360 cm³/mol. The number of carboxylic acid groups (broad SMARTS) is 4. The van der Waals surface area contributed by atoms with Crippen LogP contribution in [0.15, 0.2) is 91.0 Å². The van der Waals surface area contributed by atoms with Crippen molar-refractivity contribution in [3.05, 3.63) is 113 Å². The van der Waals surface area contributed by atoms with E-state index in [1.165, 1.54) is 0 Å². The van der Waals surface area contributed by atoms with Crippen LogP contribution in [0, 0.1) is 23.7 Å². The predicted octanol–water partition coefficient (Wildman–Crippen LogP) is 7.38. The van der Waals surface area contributed by atoms with Crippen molar-refractivity contribution in [3.63, 3.8) is 0 Å². The topological polar surface area (TPSA) is 275 Å². The van der Waals surface area contributed by atoms with Crippen molar-refractivity contribution in [2.24, 2.45) is 23.7 Å². The van der Waals surface area contributed by atoms with Crippen LogP contribution >= 0.6 is 0 Å². The number of benzene rings is 4. The molecule has 12 atom stereocenters. The van der Waals surface area contributed by atoms with Crippen molar-refractivity contribution in [1.82, 2.24) is 29.2 Å². The zero-order valence-corrected chi connectivity index (χ0v) is 58.3. The lowest BCUT2D eigenvalue weighted by Gasteiger charge is -2.30. The molecule has 520 valence electrons. The van der Waals surface area contributed by atoms with Crippen molar-refractivity contribution in [2.75, 3.05) is 136 Å². The number of fused-ring (bicyclic) bond motifs is 1. The van der Waals surface area contributed by atoms with Crippen LogP contribution in [0.1, 0.15) is 106 Å². The van der Waals surface area contributed by atoms with Crippen LogP contribution in [0.4, 0.5) is 0 Å². The van der Waals surface area contributed by atoms with E-state index in [9.17, 15) is 52.8 Å². The summed E-state index contributed by atoms with van der Waals surface area (Å²) in [5, 5.41) is 38.5. The number of amides is 1. The van der Waals surface area contributed by atoms with E-state index in [0.717, 1.165) is 102 Å². The van der Waals surface area contributed by atoms with E-state index in [1.807, 2.05) is 137 Å². The number of quaternary nitrogens is 1. The molecule has 0 saturated carbocycles. The molecule has 24 heteroatoms. The number of rotatable bonds is 25. The molecule has 4 saturated heterocycles. The standard InChI is InChI=1S/C28H46N4O7S.3C14H19NO3/c1-6-7-14-30(15-8-9-16-32(2,3)4)26(33)19-31-18-22(21-10-11-24-25(17-21)39-20-38-24)27(28(34)35)23(31)12-13-29-40(5,36)37;3*1-9-13(14(16)17)12(8-15(9)2)10-4-6-11(18-3)7-5-10/h10-11,17,22-23,27,29H,6-9,12-16,18-20H2,1-5H3;3*4-7,9,12-13H,8H2,1-3H3,(H,16,17)/p+1/t22-,23+,27-;3*9-,12+,13-/m1000/s1. The van der Waals surface area contributed by atoms with Crippen molar-refractivity contribution < 1.29 is 81.0 Å². The molecular weight excluding hydrogens is 1230 g/mol. The Morgan fingerprint density at radius 1 is 0.564 bits per heavy atom. The van der Waals surface area contributed by atoms with Crippen LogP contribution in [0.2, 0.25) is 0 Å². The molecule has 5 N–H and O–H groups in total. The molecule has 4 fully saturated rings. The van der Waals surface area contributed by atoms with E-state index in [0.29, 0.717) is 31.1 Å². The molecule has 0 spiro atoms. The fourth-order valence-corrected chi connectivity index (χ4v) is 14.3. The number of nitrogens with zero attached hydrogens (tertiary/aromatic N) is 6. The number of nitrogens with one attached hydrogen (secondary N) is 1. The van der Waals surface area contributed by atoms with Crippen LogP contribution in [0.3, 0.4) is 0 Å². The van der Waals surface area contributed by atoms with Gasteiger partial charge < -0.3 is 68.2 Å². The summed E-state index contributed by atoms with van der Waals surface area (Å²) in [6.07, 6.45) is 5.15. The zero-order valence-electron chi connectivity index (χ0n) is 57.5. The third-order valence-electron chi connectivity index (χ3n) is 19.5. The first-order valence-corrected chi connectivity index (χ1v) is 34.4. The summed E-state index contributed by atoms with van der Waals surface area (Å²) in [7, 11) is 13.8.